The molecule has 0 bridgehead atoms. The third kappa shape index (κ3) is 2.71. The van der Waals surface area contributed by atoms with Crippen LogP contribution < -0.4 is 9.64 Å². The fourth-order valence-corrected chi connectivity index (χ4v) is 3.63. The van der Waals surface area contributed by atoms with Crippen molar-refractivity contribution in [2.24, 2.45) is 0 Å². The van der Waals surface area contributed by atoms with Crippen LogP contribution in [0.25, 0.3) is 0 Å². The lowest BCUT2D eigenvalue weighted by molar-refractivity contribution is -0.135. The lowest BCUT2D eigenvalue weighted by Gasteiger charge is -2.48. The summed E-state index contributed by atoms with van der Waals surface area (Å²) < 4.78 is 10.3. The Bertz CT molecular complexity index is 868. The summed E-state index contributed by atoms with van der Waals surface area (Å²) in [5, 5.41) is 0. The number of carbonyl (C=O) groups is 3. The highest BCUT2D eigenvalue weighted by Crippen LogP contribution is 2.38. The number of β-lactam (4-membered cyclic amide) rings is 1. The van der Waals surface area contributed by atoms with E-state index in [1.165, 1.54) is 9.80 Å². The molecule has 2 aliphatic heterocycles. The third-order valence-corrected chi connectivity index (χ3v) is 5.00. The number of benzene rings is 2. The zero-order valence-corrected chi connectivity index (χ0v) is 14.6. The van der Waals surface area contributed by atoms with Gasteiger partial charge in [-0.05, 0) is 29.8 Å². The highest BCUT2D eigenvalue weighted by Gasteiger charge is 2.56. The highest BCUT2D eigenvalue weighted by molar-refractivity contribution is 6.12. The van der Waals surface area contributed by atoms with Crippen molar-refractivity contribution >= 4 is 24.0 Å². The number of hydrogen-bond donors (Lipinski definition) is 0. The molecule has 0 spiro atoms. The summed E-state index contributed by atoms with van der Waals surface area (Å²) in [4.78, 5) is 39.7. The van der Waals surface area contributed by atoms with Crippen LogP contribution in [0.5, 0.6) is 5.75 Å². The summed E-state index contributed by atoms with van der Waals surface area (Å²) in [5.74, 6) is 0.343. The number of hydrogen-bond acceptors (Lipinski definition) is 5. The van der Waals surface area contributed by atoms with E-state index in [-0.39, 0.29) is 12.5 Å². The smallest absolute Gasteiger partial charge is 0.411 e. The summed E-state index contributed by atoms with van der Waals surface area (Å²) in [6.07, 6.45) is 0.118. The largest absolute Gasteiger partial charge is 0.497 e. The van der Waals surface area contributed by atoms with E-state index in [0.29, 0.717) is 17.7 Å². The molecular formula is C20H18N2O5. The summed E-state index contributed by atoms with van der Waals surface area (Å²) in [7, 11) is 1.55. The first-order valence-electron chi connectivity index (χ1n) is 8.58. The second-order valence-corrected chi connectivity index (χ2v) is 6.39. The number of cyclic esters (lactones) is 1. The Hall–Kier alpha value is -3.35. The Morgan fingerprint density at radius 2 is 1.78 bits per heavy atom. The number of carbonyl (C=O) groups excluding carboxylic acids is 3. The maximum absolute atomic E-state index is 12.9. The number of aldehydes is 1. The van der Waals surface area contributed by atoms with Crippen molar-refractivity contribution in [3.05, 3.63) is 60.2 Å². The molecule has 0 radical (unpaired) electrons. The summed E-state index contributed by atoms with van der Waals surface area (Å²) in [6.45, 7) is 0.154. The van der Waals surface area contributed by atoms with Crippen LogP contribution in [0.2, 0.25) is 0 Å². The molecule has 4 rings (SSSR count). The Balaban J connectivity index is 1.62. The topological polar surface area (TPSA) is 76.2 Å². The first kappa shape index (κ1) is 17.1. The van der Waals surface area contributed by atoms with Crippen LogP contribution in [0.15, 0.2) is 54.6 Å². The molecule has 2 aromatic rings. The molecule has 0 aromatic heterocycles. The van der Waals surface area contributed by atoms with Crippen LogP contribution in [0, 0.1) is 0 Å². The van der Waals surface area contributed by atoms with E-state index in [1.54, 1.807) is 31.4 Å². The molecule has 0 aliphatic carbocycles. The van der Waals surface area contributed by atoms with Crippen molar-refractivity contribution in [2.45, 2.75) is 18.1 Å². The number of methoxy groups -OCH3 is 1. The van der Waals surface area contributed by atoms with E-state index in [0.717, 1.165) is 5.56 Å². The quantitative estimate of drug-likeness (QED) is 0.599. The molecule has 2 aliphatic rings. The molecule has 0 unspecified atom stereocenters. The van der Waals surface area contributed by atoms with Crippen molar-refractivity contribution in [2.75, 3.05) is 18.6 Å². The average molecular weight is 366 g/mol. The molecule has 27 heavy (non-hydrogen) atoms. The minimum atomic E-state index is -0.871. The Morgan fingerprint density at radius 1 is 1.07 bits per heavy atom. The standard InChI is InChI=1S/C20H18N2O5/c1-26-15-9-7-14(8-10-15)21-16(11-23)18(19(21)24)22-17(12-27-20(22)25)13-5-3-2-4-6-13/h2-11,16-18H,12H2,1H3/t16-,17+,18-/m0/s1. The molecule has 7 nitrogen and oxygen atoms in total. The van der Waals surface area contributed by atoms with Gasteiger partial charge in [0.15, 0.2) is 0 Å². The van der Waals surface area contributed by atoms with Gasteiger partial charge in [0.2, 0.25) is 0 Å². The SMILES string of the molecule is COc1ccc(N2C(=O)[C@@H](N3C(=O)OC[C@@H]3c3ccccc3)[C@@H]2C=O)cc1. The van der Waals surface area contributed by atoms with Gasteiger partial charge in [0.05, 0.1) is 13.2 Å². The van der Waals surface area contributed by atoms with E-state index in [2.05, 4.69) is 0 Å². The predicted octanol–water partition coefficient (Wildman–Crippen LogP) is 2.17. The van der Waals surface area contributed by atoms with Crippen LogP contribution in [0.3, 0.4) is 0 Å². The van der Waals surface area contributed by atoms with Crippen molar-refractivity contribution in [1.29, 1.82) is 0 Å². The maximum atomic E-state index is 12.9. The van der Waals surface area contributed by atoms with E-state index in [4.69, 9.17) is 9.47 Å². The number of anilines is 1. The van der Waals surface area contributed by atoms with Crippen molar-refractivity contribution in [3.63, 3.8) is 0 Å². The number of nitrogens with zero attached hydrogens (tertiary/aromatic N) is 2. The molecule has 2 heterocycles. The van der Waals surface area contributed by atoms with Crippen LogP contribution in [-0.4, -0.2) is 49.0 Å². The maximum Gasteiger partial charge on any atom is 0.411 e. The van der Waals surface area contributed by atoms with Crippen molar-refractivity contribution in [1.82, 2.24) is 4.90 Å². The Kier molecular flexibility index (Phi) is 4.27. The number of amides is 2. The zero-order chi connectivity index (χ0) is 19.0. The summed E-state index contributed by atoms with van der Waals surface area (Å²) in [6, 6.07) is 14.2. The molecule has 2 fully saturated rings. The predicted molar refractivity (Wildman–Crippen MR) is 96.5 cm³/mol. The lowest BCUT2D eigenvalue weighted by Crippen LogP contribution is -2.72. The molecule has 0 saturated carbocycles. The molecule has 7 heteroatoms. The molecule has 2 amide bonds. The van der Waals surface area contributed by atoms with Crippen LogP contribution in [-0.2, 0) is 14.3 Å². The van der Waals surface area contributed by atoms with E-state index in [9.17, 15) is 14.4 Å². The average Bonchev–Trinajstić information content (AvgIpc) is 3.08. The molecule has 0 N–H and O–H groups in total. The second kappa shape index (κ2) is 6.75. The minimum absolute atomic E-state index is 0.154. The van der Waals surface area contributed by atoms with Gasteiger partial charge in [-0.15, -0.1) is 0 Å². The fraction of sp³-hybridized carbons (Fsp3) is 0.250. The van der Waals surface area contributed by atoms with E-state index < -0.39 is 24.2 Å². The highest BCUT2D eigenvalue weighted by atomic mass is 16.6. The van der Waals surface area contributed by atoms with E-state index in [1.807, 2.05) is 30.3 Å². The molecule has 2 aromatic carbocycles. The van der Waals surface area contributed by atoms with Gasteiger partial charge in [-0.3, -0.25) is 14.6 Å². The molecule has 138 valence electrons. The minimum Gasteiger partial charge on any atom is -0.497 e. The van der Waals surface area contributed by atoms with Gasteiger partial charge in [0, 0.05) is 5.69 Å². The van der Waals surface area contributed by atoms with Crippen molar-refractivity contribution in [3.8, 4) is 5.75 Å². The molecule has 3 atom stereocenters. The molecule has 2 saturated heterocycles. The van der Waals surface area contributed by atoms with Gasteiger partial charge in [-0.2, -0.15) is 0 Å². The van der Waals surface area contributed by atoms with Gasteiger partial charge in [0.1, 0.15) is 30.7 Å². The normalized spacial score (nSPS) is 24.4. The summed E-state index contributed by atoms with van der Waals surface area (Å²) in [5.41, 5.74) is 1.45. The summed E-state index contributed by atoms with van der Waals surface area (Å²) >= 11 is 0. The van der Waals surface area contributed by atoms with Gasteiger partial charge in [0.25, 0.3) is 5.91 Å². The van der Waals surface area contributed by atoms with Gasteiger partial charge >= 0.3 is 6.09 Å². The van der Waals surface area contributed by atoms with Crippen LogP contribution in [0.4, 0.5) is 10.5 Å². The lowest BCUT2D eigenvalue weighted by atomic mass is 9.91. The fourth-order valence-electron chi connectivity index (χ4n) is 3.63. The van der Waals surface area contributed by atoms with Crippen LogP contribution >= 0.6 is 0 Å². The number of rotatable bonds is 5. The Morgan fingerprint density at radius 3 is 2.41 bits per heavy atom. The van der Waals surface area contributed by atoms with Crippen LogP contribution in [0.1, 0.15) is 11.6 Å². The monoisotopic (exact) mass is 366 g/mol. The van der Waals surface area contributed by atoms with E-state index >= 15 is 0 Å². The Labute approximate surface area is 156 Å². The third-order valence-electron chi connectivity index (χ3n) is 5.00. The first-order chi connectivity index (χ1) is 13.2. The molecular weight excluding hydrogens is 348 g/mol. The first-order valence-corrected chi connectivity index (χ1v) is 8.58. The van der Waals surface area contributed by atoms with Gasteiger partial charge in [-0.25, -0.2) is 4.79 Å². The van der Waals surface area contributed by atoms with Gasteiger partial charge < -0.3 is 14.3 Å². The second-order valence-electron chi connectivity index (χ2n) is 6.39. The van der Waals surface area contributed by atoms with Crippen molar-refractivity contribution < 1.29 is 23.9 Å². The number of ether oxygens (including phenoxy) is 2. The zero-order valence-electron chi connectivity index (χ0n) is 14.6. The van der Waals surface area contributed by atoms with Gasteiger partial charge in [-0.1, -0.05) is 30.3 Å².